The maximum Gasteiger partial charge on any atom is 0.0888 e. The summed E-state index contributed by atoms with van der Waals surface area (Å²) < 4.78 is 16.9. The van der Waals surface area contributed by atoms with Gasteiger partial charge in [-0.05, 0) is 17.7 Å². The Balaban J connectivity index is 2.32. The molecule has 3 nitrogen and oxygen atoms in total. The van der Waals surface area contributed by atoms with E-state index in [1.807, 2.05) is 12.1 Å². The number of ether oxygens (including phenoxy) is 1. The first-order valence-electron chi connectivity index (χ1n) is 5.58. The molecule has 0 radical (unpaired) electrons. The molecule has 0 saturated carbocycles. The van der Waals surface area contributed by atoms with E-state index in [9.17, 15) is 9.32 Å². The second-order valence-corrected chi connectivity index (χ2v) is 5.80. The Hall–Kier alpha value is -0.680. The Kier molecular flexibility index (Phi) is 7.20. The van der Waals surface area contributed by atoms with Gasteiger partial charge in [0.15, 0.2) is 0 Å². The van der Waals surface area contributed by atoms with E-state index in [1.165, 1.54) is 0 Å². The molecule has 0 aromatic heterocycles. The number of aliphatic hydroxyl groups is 1. The standard InChI is InChI=1S/C13H17ClO3S/c1-2-7-17-8-13(15)10-18(16)9-11-3-5-12(14)6-4-11/h2-6,13,15H,1,7-10H2/t13-,18-/m0/s1. The van der Waals surface area contributed by atoms with Crippen LogP contribution in [0, 0.1) is 0 Å². The Morgan fingerprint density at radius 1 is 1.44 bits per heavy atom. The summed E-state index contributed by atoms with van der Waals surface area (Å²) >= 11 is 5.76. The van der Waals surface area contributed by atoms with Gasteiger partial charge in [-0.3, -0.25) is 4.21 Å². The molecule has 18 heavy (non-hydrogen) atoms. The van der Waals surface area contributed by atoms with Gasteiger partial charge >= 0.3 is 0 Å². The minimum atomic E-state index is -1.11. The van der Waals surface area contributed by atoms with Crippen LogP contribution in [0.4, 0.5) is 0 Å². The molecule has 100 valence electrons. The summed E-state index contributed by atoms with van der Waals surface area (Å²) in [6, 6.07) is 7.19. The van der Waals surface area contributed by atoms with Crippen molar-refractivity contribution in [3.05, 3.63) is 47.5 Å². The van der Waals surface area contributed by atoms with Gasteiger partial charge in [0, 0.05) is 21.6 Å². The largest absolute Gasteiger partial charge is 0.390 e. The zero-order valence-corrected chi connectivity index (χ0v) is 11.6. The number of aliphatic hydroxyl groups excluding tert-OH is 1. The quantitative estimate of drug-likeness (QED) is 0.589. The Morgan fingerprint density at radius 2 is 2.11 bits per heavy atom. The number of hydrogen-bond acceptors (Lipinski definition) is 3. The van der Waals surface area contributed by atoms with Gasteiger partial charge in [-0.2, -0.15) is 0 Å². The fourth-order valence-electron chi connectivity index (χ4n) is 1.38. The van der Waals surface area contributed by atoms with Crippen molar-refractivity contribution in [2.45, 2.75) is 11.9 Å². The predicted molar refractivity (Wildman–Crippen MR) is 75.2 cm³/mol. The zero-order valence-electron chi connectivity index (χ0n) is 10.0. The van der Waals surface area contributed by atoms with Crippen molar-refractivity contribution in [1.82, 2.24) is 0 Å². The first-order valence-corrected chi connectivity index (χ1v) is 7.44. The molecule has 0 aliphatic heterocycles. The SMILES string of the molecule is C=CCOC[C@H](O)C[S@@](=O)Cc1ccc(Cl)cc1. The first-order chi connectivity index (χ1) is 8.61. The number of rotatable bonds is 8. The molecule has 2 atom stereocenters. The molecule has 0 aliphatic carbocycles. The lowest BCUT2D eigenvalue weighted by molar-refractivity contribution is 0.0620. The van der Waals surface area contributed by atoms with Crippen LogP contribution in [0.5, 0.6) is 0 Å². The molecular weight excluding hydrogens is 272 g/mol. The summed E-state index contributed by atoms with van der Waals surface area (Å²) in [5.74, 6) is 0.620. The van der Waals surface area contributed by atoms with E-state index in [-0.39, 0.29) is 12.4 Å². The van der Waals surface area contributed by atoms with E-state index in [0.717, 1.165) is 5.56 Å². The molecule has 0 spiro atoms. The average Bonchev–Trinajstić information content (AvgIpc) is 2.32. The third-order valence-electron chi connectivity index (χ3n) is 2.17. The van der Waals surface area contributed by atoms with Crippen molar-refractivity contribution < 1.29 is 14.1 Å². The third kappa shape index (κ3) is 6.31. The molecule has 0 amide bonds. The second kappa shape index (κ2) is 8.43. The van der Waals surface area contributed by atoms with Crippen LogP contribution in [0.25, 0.3) is 0 Å². The van der Waals surface area contributed by atoms with Crippen LogP contribution in [-0.2, 0) is 21.3 Å². The lowest BCUT2D eigenvalue weighted by atomic mass is 10.2. The molecule has 5 heteroatoms. The molecule has 0 aliphatic rings. The van der Waals surface area contributed by atoms with Crippen LogP contribution in [0.2, 0.25) is 5.02 Å². The van der Waals surface area contributed by atoms with Gasteiger partial charge in [-0.1, -0.05) is 29.8 Å². The van der Waals surface area contributed by atoms with E-state index in [0.29, 0.717) is 17.4 Å². The Labute approximate surface area is 115 Å². The van der Waals surface area contributed by atoms with Crippen molar-refractivity contribution in [2.24, 2.45) is 0 Å². The van der Waals surface area contributed by atoms with Crippen molar-refractivity contribution in [1.29, 1.82) is 0 Å². The monoisotopic (exact) mass is 288 g/mol. The fraction of sp³-hybridized carbons (Fsp3) is 0.385. The van der Waals surface area contributed by atoms with Gasteiger partial charge in [0.1, 0.15) is 0 Å². The maximum atomic E-state index is 11.8. The molecule has 0 bridgehead atoms. The van der Waals surface area contributed by atoms with E-state index in [4.69, 9.17) is 16.3 Å². The van der Waals surface area contributed by atoms with Crippen molar-refractivity contribution in [3.8, 4) is 0 Å². The molecule has 0 saturated heterocycles. The van der Waals surface area contributed by atoms with Gasteiger partial charge in [-0.15, -0.1) is 6.58 Å². The number of halogens is 1. The molecule has 1 rings (SSSR count). The Morgan fingerprint density at radius 3 is 2.72 bits per heavy atom. The van der Waals surface area contributed by atoms with Crippen molar-refractivity contribution >= 4 is 22.4 Å². The van der Waals surface area contributed by atoms with Gasteiger partial charge < -0.3 is 9.84 Å². The highest BCUT2D eigenvalue weighted by Gasteiger charge is 2.10. The summed E-state index contributed by atoms with van der Waals surface area (Å²) in [6.45, 7) is 4.07. The molecule has 1 aromatic rings. The van der Waals surface area contributed by atoms with Crippen LogP contribution in [0.15, 0.2) is 36.9 Å². The van der Waals surface area contributed by atoms with Crippen LogP contribution in [0.1, 0.15) is 5.56 Å². The average molecular weight is 289 g/mol. The summed E-state index contributed by atoms with van der Waals surface area (Å²) in [5, 5.41) is 10.2. The smallest absolute Gasteiger partial charge is 0.0888 e. The summed E-state index contributed by atoms with van der Waals surface area (Å²) in [5.41, 5.74) is 0.942. The van der Waals surface area contributed by atoms with Gasteiger partial charge in [0.05, 0.1) is 25.1 Å². The van der Waals surface area contributed by atoms with Crippen molar-refractivity contribution in [2.75, 3.05) is 19.0 Å². The summed E-state index contributed by atoms with van der Waals surface area (Å²) in [7, 11) is -1.11. The highest BCUT2D eigenvalue weighted by molar-refractivity contribution is 7.84. The minimum absolute atomic E-state index is 0.179. The molecular formula is C13H17ClO3S. The molecule has 1 aromatic carbocycles. The van der Waals surface area contributed by atoms with E-state index in [2.05, 4.69) is 6.58 Å². The topological polar surface area (TPSA) is 46.5 Å². The zero-order chi connectivity index (χ0) is 13.4. The van der Waals surface area contributed by atoms with E-state index < -0.39 is 16.9 Å². The number of benzene rings is 1. The van der Waals surface area contributed by atoms with Crippen LogP contribution in [-0.4, -0.2) is 34.4 Å². The summed E-state index contributed by atoms with van der Waals surface area (Å²) in [4.78, 5) is 0. The summed E-state index contributed by atoms with van der Waals surface area (Å²) in [6.07, 6.45) is 0.898. The number of hydrogen-bond donors (Lipinski definition) is 1. The Bertz CT molecular complexity index is 392. The van der Waals surface area contributed by atoms with E-state index >= 15 is 0 Å². The lowest BCUT2D eigenvalue weighted by Gasteiger charge is -2.10. The normalized spacial score (nSPS) is 14.1. The second-order valence-electron chi connectivity index (χ2n) is 3.86. The van der Waals surface area contributed by atoms with E-state index in [1.54, 1.807) is 18.2 Å². The third-order valence-corrected chi connectivity index (χ3v) is 3.83. The predicted octanol–water partition coefficient (Wildman–Crippen LogP) is 2.15. The van der Waals surface area contributed by atoms with Crippen LogP contribution in [0.3, 0.4) is 0 Å². The molecule has 0 unspecified atom stereocenters. The minimum Gasteiger partial charge on any atom is -0.390 e. The van der Waals surface area contributed by atoms with Crippen LogP contribution < -0.4 is 0 Å². The van der Waals surface area contributed by atoms with Crippen molar-refractivity contribution in [3.63, 3.8) is 0 Å². The van der Waals surface area contributed by atoms with Crippen LogP contribution >= 0.6 is 11.6 Å². The molecule has 1 N–H and O–H groups in total. The highest BCUT2D eigenvalue weighted by Crippen LogP contribution is 2.11. The highest BCUT2D eigenvalue weighted by atomic mass is 35.5. The first kappa shape index (κ1) is 15.4. The lowest BCUT2D eigenvalue weighted by Crippen LogP contribution is -2.23. The maximum absolute atomic E-state index is 11.8. The van der Waals surface area contributed by atoms with Gasteiger partial charge in [-0.25, -0.2) is 0 Å². The molecule has 0 fully saturated rings. The fourth-order valence-corrected chi connectivity index (χ4v) is 2.71. The van der Waals surface area contributed by atoms with Gasteiger partial charge in [0.25, 0.3) is 0 Å². The van der Waals surface area contributed by atoms with Gasteiger partial charge in [0.2, 0.25) is 0 Å². The molecule has 0 heterocycles.